The van der Waals surface area contributed by atoms with Gasteiger partial charge in [0.25, 0.3) is 5.91 Å². The topological polar surface area (TPSA) is 65.9 Å². The van der Waals surface area contributed by atoms with E-state index in [0.717, 1.165) is 34.4 Å². The standard InChI is InChI=1S/C25H26ClN3O3/c1-28(2)12-13-32-19-7-5-17(6-8-19)14-23(30)25(31)29-16-18(15-26)24-20-4-3-11-27-21(20)9-10-22(24)29/h3-11,14,18,30H,12-13,15-16H2,1-2H3/b23-14+. The van der Waals surface area contributed by atoms with Crippen LogP contribution in [0, 0.1) is 0 Å². The molecule has 1 aliphatic heterocycles. The van der Waals surface area contributed by atoms with Crippen LogP contribution in [-0.4, -0.2) is 60.6 Å². The minimum absolute atomic E-state index is 0.0186. The number of amides is 1. The van der Waals surface area contributed by atoms with Crippen molar-refractivity contribution in [3.8, 4) is 5.75 Å². The van der Waals surface area contributed by atoms with Crippen LogP contribution in [0.15, 0.2) is 60.5 Å². The molecule has 2 aromatic carbocycles. The van der Waals surface area contributed by atoms with Crippen molar-refractivity contribution in [3.63, 3.8) is 0 Å². The SMILES string of the molecule is CN(C)CCOc1ccc(/C=C(/O)C(=O)N2CC(CCl)c3c2ccc2ncccc32)cc1. The smallest absolute Gasteiger partial charge is 0.293 e. The molecule has 0 saturated heterocycles. The van der Waals surface area contributed by atoms with Gasteiger partial charge in [0.2, 0.25) is 0 Å². The molecule has 3 aromatic rings. The Kier molecular flexibility index (Phi) is 6.63. The van der Waals surface area contributed by atoms with Crippen LogP contribution in [0.25, 0.3) is 17.0 Å². The highest BCUT2D eigenvalue weighted by Crippen LogP contribution is 2.41. The second-order valence-corrected chi connectivity index (χ2v) is 8.39. The number of nitrogens with zero attached hydrogens (tertiary/aromatic N) is 3. The number of aliphatic hydroxyl groups is 1. The largest absolute Gasteiger partial charge is 0.503 e. The van der Waals surface area contributed by atoms with Crippen LogP contribution in [-0.2, 0) is 4.79 Å². The molecule has 0 spiro atoms. The van der Waals surface area contributed by atoms with E-state index in [1.807, 2.05) is 67.5 Å². The number of aromatic nitrogens is 1. The van der Waals surface area contributed by atoms with Crippen molar-refractivity contribution >= 4 is 40.2 Å². The number of hydrogen-bond donors (Lipinski definition) is 1. The molecule has 0 fully saturated rings. The average molecular weight is 452 g/mol. The van der Waals surface area contributed by atoms with Crippen molar-refractivity contribution in [1.29, 1.82) is 0 Å². The Labute approximate surface area is 192 Å². The third-order valence-electron chi connectivity index (χ3n) is 5.55. The zero-order chi connectivity index (χ0) is 22.7. The number of carbonyl (C=O) groups excluding carboxylic acids is 1. The molecule has 4 rings (SSSR count). The maximum Gasteiger partial charge on any atom is 0.293 e. The van der Waals surface area contributed by atoms with Gasteiger partial charge in [-0.15, -0.1) is 11.6 Å². The molecular weight excluding hydrogens is 426 g/mol. The molecule has 1 amide bonds. The second kappa shape index (κ2) is 9.59. The predicted molar refractivity (Wildman–Crippen MR) is 129 cm³/mol. The van der Waals surface area contributed by atoms with Crippen molar-refractivity contribution in [1.82, 2.24) is 9.88 Å². The number of anilines is 1. The van der Waals surface area contributed by atoms with E-state index >= 15 is 0 Å². The summed E-state index contributed by atoms with van der Waals surface area (Å²) in [5.74, 6) is 0.334. The van der Waals surface area contributed by atoms with E-state index in [2.05, 4.69) is 4.98 Å². The summed E-state index contributed by atoms with van der Waals surface area (Å²) in [5.41, 5.74) is 3.35. The fraction of sp³-hybridized carbons (Fsp3) is 0.280. The zero-order valence-corrected chi connectivity index (χ0v) is 18.9. The minimum atomic E-state index is -0.451. The molecule has 0 bridgehead atoms. The van der Waals surface area contributed by atoms with E-state index in [1.54, 1.807) is 11.1 Å². The molecule has 2 heterocycles. The molecule has 166 valence electrons. The maximum atomic E-state index is 13.1. The number of benzene rings is 2. The molecular formula is C25H26ClN3O3. The van der Waals surface area contributed by atoms with E-state index in [1.165, 1.54) is 6.08 Å². The van der Waals surface area contributed by atoms with Crippen LogP contribution in [0.2, 0.25) is 0 Å². The van der Waals surface area contributed by atoms with Crippen molar-refractivity contribution in [3.05, 3.63) is 71.6 Å². The summed E-state index contributed by atoms with van der Waals surface area (Å²) in [6.07, 6.45) is 3.22. The monoisotopic (exact) mass is 451 g/mol. The summed E-state index contributed by atoms with van der Waals surface area (Å²) >= 11 is 6.23. The van der Waals surface area contributed by atoms with Gasteiger partial charge in [0, 0.05) is 42.2 Å². The summed E-state index contributed by atoms with van der Waals surface area (Å²) in [5, 5.41) is 11.6. The highest BCUT2D eigenvalue weighted by molar-refractivity contribution is 6.19. The minimum Gasteiger partial charge on any atom is -0.503 e. The van der Waals surface area contributed by atoms with E-state index in [9.17, 15) is 9.90 Å². The van der Waals surface area contributed by atoms with E-state index in [4.69, 9.17) is 16.3 Å². The van der Waals surface area contributed by atoms with Crippen molar-refractivity contribution in [2.24, 2.45) is 0 Å². The fourth-order valence-corrected chi connectivity index (χ4v) is 4.17. The molecule has 1 aromatic heterocycles. The number of hydrogen-bond acceptors (Lipinski definition) is 5. The number of carbonyl (C=O) groups is 1. The molecule has 0 aliphatic carbocycles. The Bertz CT molecular complexity index is 1140. The third-order valence-corrected chi connectivity index (χ3v) is 5.92. The number of ether oxygens (including phenoxy) is 1. The number of pyridine rings is 1. The highest BCUT2D eigenvalue weighted by Gasteiger charge is 2.34. The molecule has 0 radical (unpaired) electrons. The Morgan fingerprint density at radius 2 is 2.03 bits per heavy atom. The summed E-state index contributed by atoms with van der Waals surface area (Å²) < 4.78 is 5.69. The van der Waals surface area contributed by atoms with E-state index in [-0.39, 0.29) is 11.7 Å². The Morgan fingerprint density at radius 1 is 1.25 bits per heavy atom. The van der Waals surface area contributed by atoms with Crippen molar-refractivity contribution < 1.29 is 14.6 Å². The molecule has 0 saturated carbocycles. The van der Waals surface area contributed by atoms with Gasteiger partial charge in [0.05, 0.1) is 5.52 Å². The quantitative estimate of drug-likeness (QED) is 0.327. The van der Waals surface area contributed by atoms with Crippen LogP contribution in [0.4, 0.5) is 5.69 Å². The predicted octanol–water partition coefficient (Wildman–Crippen LogP) is 4.44. The van der Waals surface area contributed by atoms with Gasteiger partial charge in [-0.1, -0.05) is 18.2 Å². The first-order valence-corrected chi connectivity index (χ1v) is 11.0. The van der Waals surface area contributed by atoms with Gasteiger partial charge in [-0.2, -0.15) is 0 Å². The summed E-state index contributed by atoms with van der Waals surface area (Å²) in [4.78, 5) is 21.1. The lowest BCUT2D eigenvalue weighted by Gasteiger charge is -2.17. The molecule has 1 atom stereocenters. The van der Waals surface area contributed by atoms with Gasteiger partial charge in [0.15, 0.2) is 5.76 Å². The number of rotatable bonds is 7. The van der Waals surface area contributed by atoms with Gasteiger partial charge in [-0.05, 0) is 61.6 Å². The van der Waals surface area contributed by atoms with Crippen LogP contribution in [0.1, 0.15) is 17.0 Å². The van der Waals surface area contributed by atoms with Gasteiger partial charge >= 0.3 is 0 Å². The fourth-order valence-electron chi connectivity index (χ4n) is 3.92. The van der Waals surface area contributed by atoms with Crippen molar-refractivity contribution in [2.45, 2.75) is 5.92 Å². The Balaban J connectivity index is 1.53. The lowest BCUT2D eigenvalue weighted by atomic mass is 9.98. The first-order valence-electron chi connectivity index (χ1n) is 10.5. The molecule has 1 N–H and O–H groups in total. The summed E-state index contributed by atoms with van der Waals surface area (Å²) in [6.45, 7) is 1.83. The molecule has 32 heavy (non-hydrogen) atoms. The molecule has 1 aliphatic rings. The van der Waals surface area contributed by atoms with Crippen molar-refractivity contribution in [2.75, 3.05) is 44.6 Å². The number of aliphatic hydroxyl groups excluding tert-OH is 1. The number of alkyl halides is 1. The van der Waals surface area contributed by atoms with Gasteiger partial charge < -0.3 is 19.6 Å². The number of halogens is 1. The second-order valence-electron chi connectivity index (χ2n) is 8.09. The van der Waals surface area contributed by atoms with Crippen LogP contribution >= 0.6 is 11.6 Å². The zero-order valence-electron chi connectivity index (χ0n) is 18.2. The summed E-state index contributed by atoms with van der Waals surface area (Å²) in [7, 11) is 3.98. The lowest BCUT2D eigenvalue weighted by molar-refractivity contribution is -0.117. The Hall–Kier alpha value is -3.09. The number of fused-ring (bicyclic) bond motifs is 3. The van der Waals surface area contributed by atoms with Gasteiger partial charge in [-0.3, -0.25) is 9.78 Å². The van der Waals surface area contributed by atoms with Crippen LogP contribution < -0.4 is 9.64 Å². The first kappa shape index (κ1) is 22.1. The van der Waals surface area contributed by atoms with Crippen LogP contribution in [0.3, 0.4) is 0 Å². The summed E-state index contributed by atoms with van der Waals surface area (Å²) in [6, 6.07) is 14.9. The first-order chi connectivity index (χ1) is 15.5. The third kappa shape index (κ3) is 4.56. The van der Waals surface area contributed by atoms with Crippen LogP contribution in [0.5, 0.6) is 5.75 Å². The van der Waals surface area contributed by atoms with E-state index < -0.39 is 5.91 Å². The average Bonchev–Trinajstić information content (AvgIpc) is 3.18. The Morgan fingerprint density at radius 3 is 2.75 bits per heavy atom. The number of likely N-dealkylation sites (N-methyl/N-ethyl adjacent to an activating group) is 1. The highest BCUT2D eigenvalue weighted by atomic mass is 35.5. The normalized spacial score (nSPS) is 15.9. The molecule has 1 unspecified atom stereocenters. The molecule has 7 heteroatoms. The maximum absolute atomic E-state index is 13.1. The van der Waals surface area contributed by atoms with Gasteiger partial charge in [-0.25, -0.2) is 0 Å². The molecule has 6 nitrogen and oxygen atoms in total. The lowest BCUT2D eigenvalue weighted by Crippen LogP contribution is -2.31. The van der Waals surface area contributed by atoms with Gasteiger partial charge in [0.1, 0.15) is 12.4 Å². The van der Waals surface area contributed by atoms with E-state index in [0.29, 0.717) is 24.6 Å².